The van der Waals surface area contributed by atoms with Gasteiger partial charge in [0.25, 0.3) is 5.69 Å². The van der Waals surface area contributed by atoms with Crippen molar-refractivity contribution in [2.45, 2.75) is 24.8 Å². The molecule has 23 heavy (non-hydrogen) atoms. The van der Waals surface area contributed by atoms with Crippen LogP contribution in [0.3, 0.4) is 0 Å². The van der Waals surface area contributed by atoms with Gasteiger partial charge in [0.2, 0.25) is 10.0 Å². The third-order valence-corrected chi connectivity index (χ3v) is 5.48. The zero-order valence-electron chi connectivity index (χ0n) is 13.2. The molecule has 1 atom stereocenters. The minimum absolute atomic E-state index is 0.0210. The average molecular weight is 343 g/mol. The van der Waals surface area contributed by atoms with Crippen LogP contribution in [0.25, 0.3) is 0 Å². The Kier molecular flexibility index (Phi) is 5.69. The molecule has 8 nitrogen and oxygen atoms in total. The molecule has 0 radical (unpaired) electrons. The van der Waals surface area contributed by atoms with Gasteiger partial charge in [0.1, 0.15) is 0 Å². The van der Waals surface area contributed by atoms with E-state index in [4.69, 9.17) is 4.74 Å². The van der Waals surface area contributed by atoms with E-state index >= 15 is 0 Å². The molecule has 0 saturated carbocycles. The van der Waals surface area contributed by atoms with Gasteiger partial charge in [-0.3, -0.25) is 15.0 Å². The lowest BCUT2D eigenvalue weighted by molar-refractivity contribution is -0.385. The summed E-state index contributed by atoms with van der Waals surface area (Å²) in [4.78, 5) is 12.3. The van der Waals surface area contributed by atoms with Gasteiger partial charge in [0.05, 0.1) is 23.0 Å². The second kappa shape index (κ2) is 7.35. The van der Waals surface area contributed by atoms with Crippen molar-refractivity contribution in [1.29, 1.82) is 0 Å². The molecule has 2 rings (SSSR count). The summed E-state index contributed by atoms with van der Waals surface area (Å²) >= 11 is 0. The number of sulfonamides is 1. The van der Waals surface area contributed by atoms with Crippen molar-refractivity contribution in [2.24, 2.45) is 0 Å². The van der Waals surface area contributed by atoms with Crippen LogP contribution in [-0.2, 0) is 14.8 Å². The topological polar surface area (TPSA) is 102 Å². The maximum Gasteiger partial charge on any atom is 0.270 e. The Balaban J connectivity index is 2.09. The third kappa shape index (κ3) is 4.47. The Morgan fingerprint density at radius 1 is 1.39 bits per heavy atom. The highest BCUT2D eigenvalue weighted by Gasteiger charge is 2.23. The highest BCUT2D eigenvalue weighted by atomic mass is 32.2. The van der Waals surface area contributed by atoms with Crippen LogP contribution in [0.2, 0.25) is 0 Å². The Hall–Kier alpha value is -1.55. The van der Waals surface area contributed by atoms with E-state index in [1.807, 2.05) is 6.92 Å². The summed E-state index contributed by atoms with van der Waals surface area (Å²) in [6.07, 6.45) is 0. The molecule has 1 fully saturated rings. The predicted octanol–water partition coefficient (Wildman–Crippen LogP) is 0.902. The number of hydrogen-bond donors (Lipinski definition) is 1. The fraction of sp³-hybridized carbons (Fsp3) is 0.571. The van der Waals surface area contributed by atoms with Gasteiger partial charge in [0, 0.05) is 37.8 Å². The summed E-state index contributed by atoms with van der Waals surface area (Å²) in [6.45, 7) is 6.60. The maximum atomic E-state index is 12.4. The molecule has 0 amide bonds. The molecule has 1 aliphatic rings. The van der Waals surface area contributed by atoms with Crippen molar-refractivity contribution in [1.82, 2.24) is 9.62 Å². The summed E-state index contributed by atoms with van der Waals surface area (Å²) in [5.41, 5.74) is 0.235. The van der Waals surface area contributed by atoms with Crippen LogP contribution in [0.1, 0.15) is 12.5 Å². The molecule has 1 saturated heterocycles. The van der Waals surface area contributed by atoms with Crippen molar-refractivity contribution < 1.29 is 18.1 Å². The molecular formula is C14H21N3O5S. The van der Waals surface area contributed by atoms with Gasteiger partial charge in [-0.15, -0.1) is 0 Å². The number of aryl methyl sites for hydroxylation is 1. The van der Waals surface area contributed by atoms with Crippen molar-refractivity contribution in [3.8, 4) is 0 Å². The largest absolute Gasteiger partial charge is 0.379 e. The van der Waals surface area contributed by atoms with Crippen molar-refractivity contribution in [3.63, 3.8) is 0 Å². The molecule has 0 unspecified atom stereocenters. The standard InChI is InChI=1S/C14H21N3O5S/c1-11-3-4-13(17(18)19)9-14(11)23(20,21)15-10-12(2)16-5-7-22-8-6-16/h3-4,9,12,15H,5-8,10H2,1-2H3/t12-/m1/s1. The van der Waals surface area contributed by atoms with E-state index in [-0.39, 0.29) is 23.2 Å². The Bertz CT molecular complexity index is 671. The van der Waals surface area contributed by atoms with E-state index in [2.05, 4.69) is 9.62 Å². The van der Waals surface area contributed by atoms with Gasteiger partial charge >= 0.3 is 0 Å². The molecular weight excluding hydrogens is 322 g/mol. The van der Waals surface area contributed by atoms with Crippen molar-refractivity contribution in [3.05, 3.63) is 33.9 Å². The van der Waals surface area contributed by atoms with Crippen molar-refractivity contribution in [2.75, 3.05) is 32.8 Å². The van der Waals surface area contributed by atoms with Crippen molar-refractivity contribution >= 4 is 15.7 Å². The second-order valence-electron chi connectivity index (χ2n) is 5.56. The first kappa shape index (κ1) is 17.8. The summed E-state index contributed by atoms with van der Waals surface area (Å²) < 4.78 is 32.7. The quantitative estimate of drug-likeness (QED) is 0.608. The molecule has 0 aliphatic carbocycles. The fourth-order valence-corrected chi connectivity index (χ4v) is 3.83. The Labute approximate surface area is 135 Å². The SMILES string of the molecule is Cc1ccc([N+](=O)[O-])cc1S(=O)(=O)NC[C@@H](C)N1CCOCC1. The molecule has 0 bridgehead atoms. The number of rotatable bonds is 6. The van der Waals surface area contributed by atoms with Gasteiger partial charge in [-0.25, -0.2) is 13.1 Å². The van der Waals surface area contributed by atoms with Crippen LogP contribution in [-0.4, -0.2) is 57.1 Å². The van der Waals surface area contributed by atoms with Crippen LogP contribution in [0.4, 0.5) is 5.69 Å². The molecule has 0 spiro atoms. The molecule has 1 aliphatic heterocycles. The molecule has 1 N–H and O–H groups in total. The molecule has 9 heteroatoms. The number of nitro groups is 1. The highest BCUT2D eigenvalue weighted by molar-refractivity contribution is 7.89. The average Bonchev–Trinajstić information content (AvgIpc) is 2.53. The van der Waals surface area contributed by atoms with E-state index in [0.29, 0.717) is 18.8 Å². The summed E-state index contributed by atoms with van der Waals surface area (Å²) in [5, 5.41) is 10.8. The monoisotopic (exact) mass is 343 g/mol. The first-order valence-corrected chi connectivity index (χ1v) is 8.86. The van der Waals surface area contributed by atoms with Gasteiger partial charge in [-0.1, -0.05) is 6.07 Å². The molecule has 0 aromatic heterocycles. The number of nitrogens with one attached hydrogen (secondary N) is 1. The Morgan fingerprint density at radius 2 is 2.04 bits per heavy atom. The van der Waals surface area contributed by atoms with E-state index in [1.165, 1.54) is 12.1 Å². The van der Waals surface area contributed by atoms with Gasteiger partial charge < -0.3 is 4.74 Å². The molecule has 1 aromatic carbocycles. The number of ether oxygens (including phenoxy) is 1. The summed E-state index contributed by atoms with van der Waals surface area (Å²) in [5.74, 6) is 0. The zero-order chi connectivity index (χ0) is 17.0. The predicted molar refractivity (Wildman–Crippen MR) is 84.9 cm³/mol. The van der Waals surface area contributed by atoms with Crippen LogP contribution >= 0.6 is 0 Å². The smallest absolute Gasteiger partial charge is 0.270 e. The van der Waals surface area contributed by atoms with Crippen LogP contribution in [0, 0.1) is 17.0 Å². The molecule has 1 heterocycles. The molecule has 1 aromatic rings. The maximum absolute atomic E-state index is 12.4. The first-order valence-electron chi connectivity index (χ1n) is 7.38. The number of benzene rings is 1. The van der Waals surface area contributed by atoms with Crippen LogP contribution in [0.15, 0.2) is 23.1 Å². The number of morpholine rings is 1. The zero-order valence-corrected chi connectivity index (χ0v) is 14.0. The second-order valence-corrected chi connectivity index (χ2v) is 7.29. The lowest BCUT2D eigenvalue weighted by Gasteiger charge is -2.32. The number of nitro benzene ring substituents is 1. The normalized spacial score (nSPS) is 17.8. The van der Waals surface area contributed by atoms with Gasteiger partial charge in [-0.05, 0) is 19.4 Å². The van der Waals surface area contributed by atoms with Gasteiger partial charge in [-0.2, -0.15) is 0 Å². The number of hydrogen-bond acceptors (Lipinski definition) is 6. The minimum atomic E-state index is -3.79. The van der Waals surface area contributed by atoms with Crippen LogP contribution in [0.5, 0.6) is 0 Å². The minimum Gasteiger partial charge on any atom is -0.379 e. The van der Waals surface area contributed by atoms with Crippen LogP contribution < -0.4 is 4.72 Å². The van der Waals surface area contributed by atoms with Gasteiger partial charge in [0.15, 0.2) is 0 Å². The molecule has 128 valence electrons. The fourth-order valence-electron chi connectivity index (χ4n) is 2.45. The number of nitrogens with zero attached hydrogens (tertiary/aromatic N) is 2. The lowest BCUT2D eigenvalue weighted by Crippen LogP contribution is -2.47. The lowest BCUT2D eigenvalue weighted by atomic mass is 10.2. The summed E-state index contributed by atoms with van der Waals surface area (Å²) in [7, 11) is -3.79. The first-order chi connectivity index (χ1) is 10.8. The van der Waals surface area contributed by atoms with E-state index in [1.54, 1.807) is 6.92 Å². The highest BCUT2D eigenvalue weighted by Crippen LogP contribution is 2.21. The number of non-ortho nitro benzene ring substituents is 1. The van der Waals surface area contributed by atoms with E-state index < -0.39 is 14.9 Å². The Morgan fingerprint density at radius 3 is 2.65 bits per heavy atom. The summed E-state index contributed by atoms with van der Waals surface area (Å²) in [6, 6.07) is 3.85. The van der Waals surface area contributed by atoms with E-state index in [9.17, 15) is 18.5 Å². The van der Waals surface area contributed by atoms with E-state index in [0.717, 1.165) is 19.2 Å². The third-order valence-electron chi connectivity index (χ3n) is 3.91.